The topological polar surface area (TPSA) is 9.23 Å². The van der Waals surface area contributed by atoms with Crippen LogP contribution in [-0.2, 0) is 4.43 Å². The fraction of sp³-hybridized carbons (Fsp3) is 0.667. The van der Waals surface area contributed by atoms with Crippen LogP contribution < -0.4 is 0 Å². The molecular weight excluding hydrogens is 80.1 g/mol. The Bertz CT molecular complexity index is 14.4. The van der Waals surface area contributed by atoms with Crippen molar-refractivity contribution in [3.05, 3.63) is 6.04 Å². The molecule has 0 spiro atoms. The van der Waals surface area contributed by atoms with Crippen LogP contribution in [0.25, 0.3) is 0 Å². The van der Waals surface area contributed by atoms with Gasteiger partial charge in [0.2, 0.25) is 0 Å². The van der Waals surface area contributed by atoms with Crippen LogP contribution in [0, 0.1) is 6.04 Å². The minimum Gasteiger partial charge on any atom is -0.427 e. The van der Waals surface area contributed by atoms with Crippen LogP contribution in [-0.4, -0.2) is 16.9 Å². The van der Waals surface area contributed by atoms with Crippen molar-refractivity contribution in [2.45, 2.75) is 6.92 Å². The van der Waals surface area contributed by atoms with E-state index in [0.29, 0.717) is 0 Å². The molecule has 0 fully saturated rings. The fourth-order valence-electron chi connectivity index (χ4n) is 0.167. The number of hydrogen-bond acceptors (Lipinski definition) is 1. The summed E-state index contributed by atoms with van der Waals surface area (Å²) >= 11 is 0. The highest BCUT2D eigenvalue weighted by molar-refractivity contribution is 6.31. The lowest BCUT2D eigenvalue weighted by Crippen LogP contribution is -1.88. The lowest BCUT2D eigenvalue weighted by molar-refractivity contribution is 0.447. The molecule has 1 radical (unpaired) electrons. The van der Waals surface area contributed by atoms with Gasteiger partial charge in [0.1, 0.15) is 0 Å². The van der Waals surface area contributed by atoms with Gasteiger partial charge in [0.25, 0.3) is 0 Å². The molecule has 0 rings (SSSR count). The van der Waals surface area contributed by atoms with E-state index in [-0.39, 0.29) is 9.76 Å². The summed E-state index contributed by atoms with van der Waals surface area (Å²) < 4.78 is 4.77. The van der Waals surface area contributed by atoms with Gasteiger partial charge in [-0.25, -0.2) is 0 Å². The zero-order chi connectivity index (χ0) is 4.12. The largest absolute Gasteiger partial charge is 0.427 e. The summed E-state index contributed by atoms with van der Waals surface area (Å²) in [6.07, 6.45) is 0. The molecule has 2 heteroatoms. The Hall–Kier alpha value is 0.177. The number of hydrogen-bond donors (Lipinski definition) is 0. The lowest BCUT2D eigenvalue weighted by atomic mass is 11.0. The van der Waals surface area contributed by atoms with E-state index < -0.39 is 0 Å². The molecule has 0 unspecified atom stereocenters. The van der Waals surface area contributed by atoms with E-state index in [1.54, 1.807) is 7.11 Å². The van der Waals surface area contributed by atoms with Crippen LogP contribution in [0.4, 0.5) is 0 Å². The molecule has 0 saturated carbocycles. The summed E-state index contributed by atoms with van der Waals surface area (Å²) in [5.74, 6) is 0. The summed E-state index contributed by atoms with van der Waals surface area (Å²) in [7, 11) is 1.55. The minimum atomic E-state index is -0.193. The quantitative estimate of drug-likeness (QED) is 0.429. The van der Waals surface area contributed by atoms with Gasteiger partial charge in [-0.2, -0.15) is 0 Å². The third-order valence-corrected chi connectivity index (χ3v) is 1.00. The van der Waals surface area contributed by atoms with Crippen molar-refractivity contribution in [2.75, 3.05) is 7.11 Å². The first kappa shape index (κ1) is 5.18. The summed E-state index contributed by atoms with van der Waals surface area (Å²) in [4.78, 5) is 0. The molecule has 0 amide bonds. The SMILES string of the molecule is C[CH][SiH2]OC. The molecule has 0 aromatic carbocycles. The molecule has 0 N–H and O–H groups in total. The lowest BCUT2D eigenvalue weighted by Gasteiger charge is -1.82. The molecule has 0 aromatic heterocycles. The Morgan fingerprint density at radius 1 is 1.80 bits per heavy atom. The van der Waals surface area contributed by atoms with Gasteiger partial charge in [-0.05, 0) is 6.04 Å². The maximum atomic E-state index is 4.77. The van der Waals surface area contributed by atoms with E-state index in [4.69, 9.17) is 4.43 Å². The predicted octanol–water partition coefficient (Wildman–Crippen LogP) is -0.102. The van der Waals surface area contributed by atoms with Crippen molar-refractivity contribution < 1.29 is 4.43 Å². The summed E-state index contributed by atoms with van der Waals surface area (Å²) in [6.45, 7) is 2.02. The van der Waals surface area contributed by atoms with Crippen LogP contribution >= 0.6 is 0 Å². The van der Waals surface area contributed by atoms with E-state index in [2.05, 4.69) is 6.04 Å². The molecule has 0 aliphatic heterocycles. The van der Waals surface area contributed by atoms with Crippen LogP contribution in [0.3, 0.4) is 0 Å². The second kappa shape index (κ2) is 4.18. The Balaban J connectivity index is 2.19. The van der Waals surface area contributed by atoms with Crippen LogP contribution in [0.2, 0.25) is 0 Å². The van der Waals surface area contributed by atoms with E-state index in [1.807, 2.05) is 6.92 Å². The fourth-order valence-corrected chi connectivity index (χ4v) is 0.500. The Labute approximate surface area is 35.3 Å². The van der Waals surface area contributed by atoms with Gasteiger partial charge in [0.15, 0.2) is 9.76 Å². The summed E-state index contributed by atoms with van der Waals surface area (Å²) in [5, 5.41) is 0. The zero-order valence-electron chi connectivity index (χ0n) is 3.69. The second-order valence-corrected chi connectivity index (χ2v) is 2.59. The smallest absolute Gasteiger partial charge is 0.163 e. The molecule has 1 nitrogen and oxygen atoms in total. The zero-order valence-corrected chi connectivity index (χ0v) is 5.11. The van der Waals surface area contributed by atoms with Gasteiger partial charge in [-0.15, -0.1) is 0 Å². The molecule has 0 heterocycles. The third kappa shape index (κ3) is 4.18. The van der Waals surface area contributed by atoms with Crippen molar-refractivity contribution >= 4 is 9.76 Å². The van der Waals surface area contributed by atoms with Crippen molar-refractivity contribution in [3.8, 4) is 0 Å². The molecule has 0 atom stereocenters. The van der Waals surface area contributed by atoms with Crippen molar-refractivity contribution in [1.29, 1.82) is 0 Å². The van der Waals surface area contributed by atoms with Gasteiger partial charge >= 0.3 is 0 Å². The first-order chi connectivity index (χ1) is 2.41. The average Bonchev–Trinajstić information content (AvgIpc) is 1.41. The van der Waals surface area contributed by atoms with Gasteiger partial charge in [0.05, 0.1) is 0 Å². The molecular formula is C3H9OSi. The monoisotopic (exact) mass is 89.0 g/mol. The maximum absolute atomic E-state index is 4.77. The standard InChI is InChI=1S/C3H9OSi/c1-3-5-4-2/h3H,5H2,1-2H3. The van der Waals surface area contributed by atoms with Crippen LogP contribution in [0.15, 0.2) is 0 Å². The highest BCUT2D eigenvalue weighted by Crippen LogP contribution is 1.63. The van der Waals surface area contributed by atoms with Crippen molar-refractivity contribution in [1.82, 2.24) is 0 Å². The predicted molar refractivity (Wildman–Crippen MR) is 25.5 cm³/mol. The molecule has 0 saturated heterocycles. The van der Waals surface area contributed by atoms with Gasteiger partial charge in [-0.1, -0.05) is 6.92 Å². The van der Waals surface area contributed by atoms with Gasteiger partial charge in [-0.3, -0.25) is 0 Å². The molecule has 0 aromatic rings. The highest BCUT2D eigenvalue weighted by atomic mass is 28.2. The average molecular weight is 89.2 g/mol. The maximum Gasteiger partial charge on any atom is 0.163 e. The van der Waals surface area contributed by atoms with E-state index in [0.717, 1.165) is 0 Å². The molecule has 31 valence electrons. The minimum absolute atomic E-state index is 0.193. The van der Waals surface area contributed by atoms with Crippen LogP contribution in [0.1, 0.15) is 6.92 Å². The summed E-state index contributed by atoms with van der Waals surface area (Å²) in [5.41, 5.74) is 0. The van der Waals surface area contributed by atoms with E-state index in [1.165, 1.54) is 0 Å². The van der Waals surface area contributed by atoms with E-state index >= 15 is 0 Å². The van der Waals surface area contributed by atoms with Gasteiger partial charge < -0.3 is 4.43 Å². The summed E-state index contributed by atoms with van der Waals surface area (Å²) in [6, 6.07) is 2.10. The Morgan fingerprint density at radius 2 is 2.40 bits per heavy atom. The molecule has 0 bridgehead atoms. The Kier molecular flexibility index (Phi) is 4.32. The van der Waals surface area contributed by atoms with Crippen molar-refractivity contribution in [3.63, 3.8) is 0 Å². The molecule has 5 heavy (non-hydrogen) atoms. The van der Waals surface area contributed by atoms with Crippen molar-refractivity contribution in [2.24, 2.45) is 0 Å². The van der Waals surface area contributed by atoms with Crippen LogP contribution in [0.5, 0.6) is 0 Å². The number of rotatable bonds is 2. The third-order valence-electron chi connectivity index (χ3n) is 0.333. The first-order valence-electron chi connectivity index (χ1n) is 1.68. The Morgan fingerprint density at radius 3 is 2.40 bits per heavy atom. The van der Waals surface area contributed by atoms with E-state index in [9.17, 15) is 0 Å². The first-order valence-corrected chi connectivity index (χ1v) is 3.08. The second-order valence-electron chi connectivity index (χ2n) is 0.864. The highest BCUT2D eigenvalue weighted by Gasteiger charge is 1.69. The van der Waals surface area contributed by atoms with Gasteiger partial charge in [0, 0.05) is 7.11 Å². The normalized spacial score (nSPS) is 10.8. The molecule has 0 aliphatic rings. The molecule has 0 aliphatic carbocycles.